The van der Waals surface area contributed by atoms with Crippen molar-refractivity contribution in [2.24, 2.45) is 17.8 Å². The second kappa shape index (κ2) is 27.2. The van der Waals surface area contributed by atoms with Crippen LogP contribution in [0, 0.1) is 17.8 Å². The van der Waals surface area contributed by atoms with Crippen molar-refractivity contribution < 1.29 is 61.9 Å². The number of hydrogen-bond acceptors (Lipinski definition) is 13. The van der Waals surface area contributed by atoms with Crippen LogP contribution in [0.15, 0.2) is 47.6 Å². The molecule has 0 aromatic rings. The maximum Gasteiger partial charge on any atom is 0.329 e. The van der Waals surface area contributed by atoms with Crippen LogP contribution < -0.4 is 0 Å². The fraction of sp³-hybridized carbons (Fsp3) is 0.764. The van der Waals surface area contributed by atoms with Gasteiger partial charge in [0.15, 0.2) is 14.1 Å². The molecule has 14 nitrogen and oxygen atoms in total. The molecule has 70 heavy (non-hydrogen) atoms. The molecule has 3 heterocycles. The van der Waals surface area contributed by atoms with Crippen molar-refractivity contribution in [3.05, 3.63) is 47.6 Å². The van der Waals surface area contributed by atoms with Gasteiger partial charge >= 0.3 is 5.97 Å². The molecule has 1 unspecified atom stereocenters. The highest BCUT2D eigenvalue weighted by Crippen LogP contribution is 2.41. The highest BCUT2D eigenvalue weighted by molar-refractivity contribution is 6.74. The van der Waals surface area contributed by atoms with E-state index in [9.17, 15) is 29.1 Å². The van der Waals surface area contributed by atoms with Crippen LogP contribution in [-0.2, 0) is 56.8 Å². The van der Waals surface area contributed by atoms with Gasteiger partial charge in [-0.15, -0.1) is 0 Å². The summed E-state index contributed by atoms with van der Waals surface area (Å²) < 4.78 is 42.7. The number of carbonyl (C=O) groups excluding carboxylic acids is 5. The van der Waals surface area contributed by atoms with Gasteiger partial charge in [0, 0.05) is 66.6 Å². The van der Waals surface area contributed by atoms with E-state index in [4.69, 9.17) is 32.8 Å². The number of cyclic esters (lactones) is 1. The maximum absolute atomic E-state index is 14.4. The molecule has 1 saturated carbocycles. The Morgan fingerprint density at radius 1 is 0.800 bits per heavy atom. The van der Waals surface area contributed by atoms with E-state index in [1.165, 1.54) is 19.1 Å². The molecule has 1 aliphatic carbocycles. The third-order valence-electron chi connectivity index (χ3n) is 15.9. The van der Waals surface area contributed by atoms with Crippen LogP contribution in [0.3, 0.4) is 0 Å². The Morgan fingerprint density at radius 3 is 2.17 bits per heavy atom. The molecule has 4 aliphatic rings. The number of piperidine rings is 1. The molecular weight excluding hydrogens is 911 g/mol. The monoisotopic (exact) mass is 1000 g/mol. The van der Waals surface area contributed by atoms with E-state index in [0.29, 0.717) is 56.9 Å². The van der Waals surface area contributed by atoms with Gasteiger partial charge in [-0.2, -0.15) is 0 Å². The average molecular weight is 1000 g/mol. The summed E-state index contributed by atoms with van der Waals surface area (Å²) in [7, 11) is 4.25. The van der Waals surface area contributed by atoms with Crippen LogP contribution in [0.2, 0.25) is 18.1 Å². The van der Waals surface area contributed by atoms with Crippen molar-refractivity contribution in [3.63, 3.8) is 0 Å². The van der Waals surface area contributed by atoms with Crippen LogP contribution >= 0.6 is 0 Å². The van der Waals surface area contributed by atoms with Gasteiger partial charge in [0.05, 0.1) is 24.4 Å². The lowest BCUT2D eigenvalue weighted by molar-refractivity contribution is -0.265. The number of amides is 1. The third-order valence-corrected chi connectivity index (χ3v) is 20.4. The second-order valence-electron chi connectivity index (χ2n) is 22.1. The van der Waals surface area contributed by atoms with Crippen molar-refractivity contribution in [1.82, 2.24) is 4.90 Å². The van der Waals surface area contributed by atoms with E-state index in [1.807, 2.05) is 51.2 Å². The largest absolute Gasteiger partial charge is 0.460 e. The van der Waals surface area contributed by atoms with Crippen LogP contribution in [0.5, 0.6) is 0 Å². The number of Topliss-reactive ketones (excluding diaryl/α,β-unsaturated/α-hetero) is 3. The van der Waals surface area contributed by atoms with E-state index in [2.05, 4.69) is 33.9 Å². The van der Waals surface area contributed by atoms with Crippen molar-refractivity contribution in [1.29, 1.82) is 0 Å². The fourth-order valence-electron chi connectivity index (χ4n) is 10.1. The minimum Gasteiger partial charge on any atom is -0.460 e. The van der Waals surface area contributed by atoms with Crippen LogP contribution in [0.25, 0.3) is 0 Å². The second-order valence-corrected chi connectivity index (χ2v) is 26.8. The number of ketones is 3. The smallest absolute Gasteiger partial charge is 0.329 e. The maximum atomic E-state index is 14.4. The summed E-state index contributed by atoms with van der Waals surface area (Å²) in [5, 5.41) is 12.0. The summed E-state index contributed by atoms with van der Waals surface area (Å²) in [5.74, 6) is -5.86. The topological polar surface area (TPSA) is 173 Å². The molecule has 15 heteroatoms. The van der Waals surface area contributed by atoms with Crippen LogP contribution in [0.1, 0.15) is 145 Å². The molecule has 3 aliphatic heterocycles. The summed E-state index contributed by atoms with van der Waals surface area (Å²) in [4.78, 5) is 71.7. The molecule has 0 aromatic carbocycles. The summed E-state index contributed by atoms with van der Waals surface area (Å²) in [6.07, 6.45) is 15.0. The highest BCUT2D eigenvalue weighted by Gasteiger charge is 2.53. The van der Waals surface area contributed by atoms with Gasteiger partial charge in [-0.05, 0) is 126 Å². The van der Waals surface area contributed by atoms with Gasteiger partial charge in [-0.3, -0.25) is 19.2 Å². The Balaban J connectivity index is 1.65. The lowest BCUT2D eigenvalue weighted by Crippen LogP contribution is -2.60. The summed E-state index contributed by atoms with van der Waals surface area (Å²) in [6.45, 7) is 18.8. The van der Waals surface area contributed by atoms with E-state index >= 15 is 0 Å². The zero-order chi connectivity index (χ0) is 52.0. The van der Waals surface area contributed by atoms with Gasteiger partial charge in [0.25, 0.3) is 11.7 Å². The molecule has 1 amide bonds. The standard InChI is InChI=1S/C55H89NO13Si/c1-36-19-15-14-16-20-37(2)47(63-8)35-43-28-24-39(4)55(62,68-43)51(59)52(60)56-32-18-17-21-44(56)53(61)67-42(34-41(57)27-23-38(3)49(65-10)50(66-11)45(58)30-22-36)29-25-40-26-31-46(48(33-40)64-9)69-70(12,13)54(5,6)7/h14-16,19-20,23,36,39-40,42-44,46-50,62H,17-18,21-22,24-35H2,1-13H3/b16-14+,19-15+,37-20+,38-23+/t36-,39-,40-,42-,43+,44+,46?,47+,48-,49-,50+,55-/m1/s1. The zero-order valence-corrected chi connectivity index (χ0v) is 45.9. The van der Waals surface area contributed by atoms with Crippen molar-refractivity contribution in [3.8, 4) is 0 Å². The number of allylic oxidation sites excluding steroid dienone is 6. The van der Waals surface area contributed by atoms with Crippen LogP contribution in [0.4, 0.5) is 0 Å². The van der Waals surface area contributed by atoms with E-state index < -0.39 is 74.2 Å². The molecule has 12 atom stereocenters. The summed E-state index contributed by atoms with van der Waals surface area (Å²) in [6, 6.07) is -1.09. The number of methoxy groups -OCH3 is 4. The number of nitrogens with zero attached hydrogens (tertiary/aromatic N) is 1. The Morgan fingerprint density at radius 2 is 1.51 bits per heavy atom. The number of ether oxygens (including phenoxy) is 6. The molecule has 0 spiro atoms. The van der Waals surface area contributed by atoms with Gasteiger partial charge < -0.3 is 42.9 Å². The Bertz CT molecular complexity index is 1890. The fourth-order valence-corrected chi connectivity index (χ4v) is 11.5. The number of rotatable bonds is 9. The molecular formula is C55H89NO13Si. The van der Waals surface area contributed by atoms with Crippen LogP contribution in [-0.4, -0.2) is 137 Å². The minimum atomic E-state index is -2.41. The first-order chi connectivity index (χ1) is 33.0. The van der Waals surface area contributed by atoms with Crippen molar-refractivity contribution >= 4 is 37.5 Å². The van der Waals surface area contributed by atoms with Gasteiger partial charge in [-0.1, -0.05) is 71.1 Å². The Kier molecular flexibility index (Phi) is 23.1. The van der Waals surface area contributed by atoms with Crippen molar-refractivity contribution in [2.75, 3.05) is 35.0 Å². The van der Waals surface area contributed by atoms with E-state index in [1.54, 1.807) is 27.2 Å². The first-order valence-electron chi connectivity index (χ1n) is 26.0. The first-order valence-corrected chi connectivity index (χ1v) is 28.9. The average Bonchev–Trinajstić information content (AvgIpc) is 3.32. The number of esters is 1. The predicted octanol–water partition coefficient (Wildman–Crippen LogP) is 9.13. The SMILES string of the molecule is CO[C@H]1C[C@@H]2CC[C@@H](C)[C@@](O)(O2)C(=O)C(=O)N2CCCC[C@H]2C(=O)O[C@H](CC[C@@H]2CCC(O[Si](C)(C)C(C)(C)C)[C@H](OC)C2)CC(=O)C/C=C(\C)[C@@H](OC)[C@@H](OC)C(=O)CC[C@H](C)/C=C/C=C/C=C/1C. The van der Waals surface area contributed by atoms with Crippen molar-refractivity contribution in [2.45, 2.75) is 217 Å². The molecule has 2 bridgehead atoms. The molecule has 0 radical (unpaired) electrons. The van der Waals surface area contributed by atoms with Gasteiger partial charge in [-0.25, -0.2) is 4.79 Å². The molecule has 4 rings (SSSR count). The molecule has 1 N–H and O–H groups in total. The predicted molar refractivity (Wildman–Crippen MR) is 272 cm³/mol. The lowest BCUT2D eigenvalue weighted by Gasteiger charge is -2.44. The molecule has 396 valence electrons. The first kappa shape index (κ1) is 59.4. The number of carbonyl (C=O) groups is 5. The zero-order valence-electron chi connectivity index (χ0n) is 44.9. The number of hydrogen-bond donors (Lipinski definition) is 1. The minimum absolute atomic E-state index is 0.00149. The Labute approximate surface area is 420 Å². The highest BCUT2D eigenvalue weighted by atomic mass is 28.4. The number of aliphatic hydroxyl groups is 1. The normalized spacial score (nSPS) is 36.3. The Hall–Kier alpha value is -3.15. The van der Waals surface area contributed by atoms with E-state index in [-0.39, 0.29) is 72.9 Å². The third kappa shape index (κ3) is 16.2. The quantitative estimate of drug-likeness (QED) is 0.100. The molecule has 0 aromatic heterocycles. The van der Waals surface area contributed by atoms with Gasteiger partial charge in [0.1, 0.15) is 30.1 Å². The molecule has 3 fully saturated rings. The summed E-state index contributed by atoms with van der Waals surface area (Å²) >= 11 is 0. The number of fused-ring (bicyclic) bond motifs is 3. The summed E-state index contributed by atoms with van der Waals surface area (Å²) in [5.41, 5.74) is 1.57. The van der Waals surface area contributed by atoms with Gasteiger partial charge in [0.2, 0.25) is 5.79 Å². The van der Waals surface area contributed by atoms with E-state index in [0.717, 1.165) is 24.8 Å². The lowest BCUT2D eigenvalue weighted by atomic mass is 9.82. The molecule has 2 saturated heterocycles.